The molecule has 1 saturated carbocycles. The van der Waals surface area contributed by atoms with Gasteiger partial charge in [-0.25, -0.2) is 0 Å². The number of nitrogens with zero attached hydrogens (tertiary/aromatic N) is 1. The first-order chi connectivity index (χ1) is 8.04. The van der Waals surface area contributed by atoms with E-state index in [1.54, 1.807) is 0 Å². The van der Waals surface area contributed by atoms with Crippen LogP contribution in [-0.4, -0.2) is 36.6 Å². The minimum Gasteiger partial charge on any atom is -0.314 e. The van der Waals surface area contributed by atoms with E-state index >= 15 is 0 Å². The Bertz CT molecular complexity index is 240. The van der Waals surface area contributed by atoms with Crippen LogP contribution in [0.1, 0.15) is 53.4 Å². The zero-order valence-corrected chi connectivity index (χ0v) is 12.1. The number of nitrogens with one attached hydrogen (secondary N) is 1. The summed E-state index contributed by atoms with van der Waals surface area (Å²) in [5.74, 6) is 0.886. The van der Waals surface area contributed by atoms with Crippen molar-refractivity contribution in [1.82, 2.24) is 10.2 Å². The maximum atomic E-state index is 3.43. The lowest BCUT2D eigenvalue weighted by atomic mass is 9.68. The van der Waals surface area contributed by atoms with Gasteiger partial charge in [0.05, 0.1) is 0 Å². The molecule has 17 heavy (non-hydrogen) atoms. The fourth-order valence-corrected chi connectivity index (χ4v) is 3.79. The Morgan fingerprint density at radius 2 is 1.76 bits per heavy atom. The first-order valence-corrected chi connectivity index (χ1v) is 7.50. The smallest absolute Gasteiger partial charge is 0.0348 e. The molecule has 2 atom stereocenters. The van der Waals surface area contributed by atoms with Gasteiger partial charge < -0.3 is 5.32 Å². The molecule has 0 bridgehead atoms. The van der Waals surface area contributed by atoms with Gasteiger partial charge in [0, 0.05) is 25.2 Å². The van der Waals surface area contributed by atoms with E-state index < -0.39 is 0 Å². The number of likely N-dealkylation sites (N-methyl/N-ethyl adjacent to an activating group) is 1. The molecule has 0 amide bonds. The van der Waals surface area contributed by atoms with Crippen LogP contribution in [0.5, 0.6) is 0 Å². The van der Waals surface area contributed by atoms with E-state index in [4.69, 9.17) is 0 Å². The average molecular weight is 238 g/mol. The molecule has 0 aromatic rings. The highest BCUT2D eigenvalue weighted by Crippen LogP contribution is 2.41. The molecule has 2 nitrogen and oxygen atoms in total. The lowest BCUT2D eigenvalue weighted by Crippen LogP contribution is -2.62. The number of hydrogen-bond donors (Lipinski definition) is 1. The summed E-state index contributed by atoms with van der Waals surface area (Å²) < 4.78 is 0. The molecule has 1 aliphatic carbocycles. The van der Waals surface area contributed by atoms with Gasteiger partial charge in [0.25, 0.3) is 0 Å². The molecule has 2 fully saturated rings. The van der Waals surface area contributed by atoms with Gasteiger partial charge in [0.15, 0.2) is 0 Å². The number of hydrogen-bond acceptors (Lipinski definition) is 2. The van der Waals surface area contributed by atoms with Crippen LogP contribution < -0.4 is 5.32 Å². The monoisotopic (exact) mass is 238 g/mol. The van der Waals surface area contributed by atoms with Crippen LogP contribution in [0, 0.1) is 11.3 Å². The van der Waals surface area contributed by atoms with Gasteiger partial charge in [-0.1, -0.05) is 40.5 Å². The Morgan fingerprint density at radius 1 is 1.12 bits per heavy atom. The minimum atomic E-state index is 0.468. The van der Waals surface area contributed by atoms with Crippen LogP contribution in [0.15, 0.2) is 0 Å². The molecule has 2 unspecified atom stereocenters. The molecule has 0 radical (unpaired) electrons. The molecule has 1 N–H and O–H groups in total. The molecule has 1 aliphatic heterocycles. The molecule has 1 heterocycles. The van der Waals surface area contributed by atoms with E-state index in [0.29, 0.717) is 5.41 Å². The van der Waals surface area contributed by atoms with Crippen LogP contribution in [0.3, 0.4) is 0 Å². The largest absolute Gasteiger partial charge is 0.314 e. The Kier molecular flexibility index (Phi) is 4.14. The summed E-state index contributed by atoms with van der Waals surface area (Å²) >= 11 is 0. The van der Waals surface area contributed by atoms with Gasteiger partial charge in [0.2, 0.25) is 0 Å². The summed E-state index contributed by atoms with van der Waals surface area (Å²) in [5.41, 5.74) is 0.468. The molecule has 2 rings (SSSR count). The molecule has 1 saturated heterocycles. The van der Waals surface area contributed by atoms with E-state index in [-0.39, 0.29) is 0 Å². The van der Waals surface area contributed by atoms with Crippen LogP contribution in [0.25, 0.3) is 0 Å². The van der Waals surface area contributed by atoms with E-state index in [0.717, 1.165) is 18.0 Å². The van der Waals surface area contributed by atoms with Crippen molar-refractivity contribution in [2.75, 3.05) is 19.6 Å². The second kappa shape index (κ2) is 5.27. The highest BCUT2D eigenvalue weighted by Gasteiger charge is 2.39. The van der Waals surface area contributed by atoms with Gasteiger partial charge >= 0.3 is 0 Å². The van der Waals surface area contributed by atoms with Crippen molar-refractivity contribution in [2.45, 2.75) is 65.5 Å². The standard InChI is InChI=1S/C15H30N2/c1-5-17(12-10-16-11-12)14-9-7-6-8-13(14)15(2,3)4/h12-14,16H,5-11H2,1-4H3. The van der Waals surface area contributed by atoms with Gasteiger partial charge in [-0.15, -0.1) is 0 Å². The lowest BCUT2D eigenvalue weighted by molar-refractivity contribution is 0.00405. The third-order valence-electron chi connectivity index (χ3n) is 4.86. The maximum Gasteiger partial charge on any atom is 0.0348 e. The molecule has 2 heteroatoms. The zero-order chi connectivity index (χ0) is 12.5. The van der Waals surface area contributed by atoms with E-state index in [1.807, 2.05) is 0 Å². The van der Waals surface area contributed by atoms with Crippen LogP contribution in [0.2, 0.25) is 0 Å². The van der Waals surface area contributed by atoms with Gasteiger partial charge in [-0.05, 0) is 30.7 Å². The van der Waals surface area contributed by atoms with Crippen LogP contribution in [0.4, 0.5) is 0 Å². The lowest BCUT2D eigenvalue weighted by Gasteiger charge is -2.50. The predicted octanol–water partition coefficient (Wildman–Crippen LogP) is 2.89. The Labute approximate surface area is 107 Å². The maximum absolute atomic E-state index is 3.43. The summed E-state index contributed by atoms with van der Waals surface area (Å²) in [4.78, 5) is 2.80. The van der Waals surface area contributed by atoms with Crippen molar-refractivity contribution < 1.29 is 0 Å². The van der Waals surface area contributed by atoms with Crippen molar-refractivity contribution >= 4 is 0 Å². The fraction of sp³-hybridized carbons (Fsp3) is 1.00. The summed E-state index contributed by atoms with van der Waals surface area (Å²) in [6.45, 7) is 13.3. The van der Waals surface area contributed by atoms with Crippen molar-refractivity contribution in [3.05, 3.63) is 0 Å². The van der Waals surface area contributed by atoms with Gasteiger partial charge in [-0.3, -0.25) is 4.90 Å². The summed E-state index contributed by atoms with van der Waals surface area (Å²) in [6, 6.07) is 1.65. The molecule has 0 aromatic heterocycles. The Hall–Kier alpha value is -0.0800. The van der Waals surface area contributed by atoms with Gasteiger partial charge in [-0.2, -0.15) is 0 Å². The van der Waals surface area contributed by atoms with Crippen LogP contribution >= 0.6 is 0 Å². The second-order valence-corrected chi connectivity index (χ2v) is 6.97. The SMILES string of the molecule is CCN(C1CNC1)C1CCCCC1C(C)(C)C. The molecule has 2 aliphatic rings. The quantitative estimate of drug-likeness (QED) is 0.813. The molecule has 100 valence electrons. The number of rotatable bonds is 3. The first-order valence-electron chi connectivity index (χ1n) is 7.50. The summed E-state index contributed by atoms with van der Waals surface area (Å²) in [5, 5.41) is 3.43. The molecular weight excluding hydrogens is 208 g/mol. The van der Waals surface area contributed by atoms with Crippen molar-refractivity contribution in [2.24, 2.45) is 11.3 Å². The predicted molar refractivity (Wildman–Crippen MR) is 74.2 cm³/mol. The van der Waals surface area contributed by atoms with Crippen molar-refractivity contribution in [3.63, 3.8) is 0 Å². The van der Waals surface area contributed by atoms with E-state index in [2.05, 4.69) is 37.9 Å². The summed E-state index contributed by atoms with van der Waals surface area (Å²) in [6.07, 6.45) is 5.74. The minimum absolute atomic E-state index is 0.468. The molecular formula is C15H30N2. The first kappa shape index (κ1) is 13.4. The molecule has 0 spiro atoms. The topological polar surface area (TPSA) is 15.3 Å². The highest BCUT2D eigenvalue weighted by molar-refractivity contribution is 4.95. The highest BCUT2D eigenvalue weighted by atomic mass is 15.3. The molecule has 0 aromatic carbocycles. The Balaban J connectivity index is 2.08. The van der Waals surface area contributed by atoms with Crippen molar-refractivity contribution in [1.29, 1.82) is 0 Å². The normalized spacial score (nSPS) is 31.6. The third kappa shape index (κ3) is 2.85. The van der Waals surface area contributed by atoms with E-state index in [9.17, 15) is 0 Å². The zero-order valence-electron chi connectivity index (χ0n) is 12.1. The van der Waals surface area contributed by atoms with Crippen molar-refractivity contribution in [3.8, 4) is 0 Å². The van der Waals surface area contributed by atoms with E-state index in [1.165, 1.54) is 45.3 Å². The van der Waals surface area contributed by atoms with Crippen LogP contribution in [-0.2, 0) is 0 Å². The van der Waals surface area contributed by atoms with Gasteiger partial charge in [0.1, 0.15) is 0 Å². The second-order valence-electron chi connectivity index (χ2n) is 6.97. The summed E-state index contributed by atoms with van der Waals surface area (Å²) in [7, 11) is 0. The average Bonchev–Trinajstić information content (AvgIpc) is 2.22. The third-order valence-corrected chi connectivity index (χ3v) is 4.86. The fourth-order valence-electron chi connectivity index (χ4n) is 3.79. The Morgan fingerprint density at radius 3 is 2.24 bits per heavy atom.